The first-order chi connectivity index (χ1) is 13.0. The summed E-state index contributed by atoms with van der Waals surface area (Å²) in [7, 11) is 0. The maximum Gasteiger partial charge on any atom is 0.345 e. The van der Waals surface area contributed by atoms with Crippen LogP contribution in [0.1, 0.15) is 30.9 Å². The summed E-state index contributed by atoms with van der Waals surface area (Å²) in [6, 6.07) is 16.8. The molecule has 1 N–H and O–H groups in total. The van der Waals surface area contributed by atoms with Gasteiger partial charge in [0.2, 0.25) is 0 Å². The van der Waals surface area contributed by atoms with Crippen molar-refractivity contribution in [3.05, 3.63) is 77.1 Å². The largest absolute Gasteiger partial charge is 0.511 e. The van der Waals surface area contributed by atoms with E-state index in [2.05, 4.69) is 0 Å². The molecule has 0 aliphatic heterocycles. The van der Waals surface area contributed by atoms with Crippen molar-refractivity contribution in [2.45, 2.75) is 33.3 Å². The van der Waals surface area contributed by atoms with Crippen LogP contribution in [0.25, 0.3) is 0 Å². The van der Waals surface area contributed by atoms with E-state index in [0.717, 1.165) is 16.9 Å². The molecule has 0 aliphatic carbocycles. The molecule has 5 nitrogen and oxygen atoms in total. The average molecular weight is 368 g/mol. The van der Waals surface area contributed by atoms with Gasteiger partial charge in [0.15, 0.2) is 5.78 Å². The molecule has 5 heteroatoms. The molecule has 2 aromatic carbocycles. The first-order valence-corrected chi connectivity index (χ1v) is 8.81. The lowest BCUT2D eigenvalue weighted by molar-refractivity contribution is -0.141. The van der Waals surface area contributed by atoms with Crippen LogP contribution in [0.2, 0.25) is 0 Å². The fraction of sp³-hybridized carbons (Fsp3) is 0.273. The van der Waals surface area contributed by atoms with Crippen LogP contribution >= 0.6 is 0 Å². The van der Waals surface area contributed by atoms with Crippen molar-refractivity contribution in [3.8, 4) is 5.75 Å². The minimum Gasteiger partial charge on any atom is -0.511 e. The number of hydrogen-bond donors (Lipinski definition) is 1. The van der Waals surface area contributed by atoms with Gasteiger partial charge in [0, 0.05) is 6.42 Å². The summed E-state index contributed by atoms with van der Waals surface area (Å²) in [6.07, 6.45) is 0.615. The highest BCUT2D eigenvalue weighted by molar-refractivity contribution is 6.16. The molecule has 0 atom stereocenters. The highest BCUT2D eigenvalue weighted by atomic mass is 16.5. The van der Waals surface area contributed by atoms with Gasteiger partial charge in [-0.3, -0.25) is 4.79 Å². The zero-order valence-electron chi connectivity index (χ0n) is 15.6. The Hall–Kier alpha value is -3.08. The maximum absolute atomic E-state index is 12.2. The third-order valence-electron chi connectivity index (χ3n) is 3.91. The molecule has 0 unspecified atom stereocenters. The monoisotopic (exact) mass is 368 g/mol. The summed E-state index contributed by atoms with van der Waals surface area (Å²) in [6.45, 7) is 3.63. The van der Waals surface area contributed by atoms with Gasteiger partial charge in [-0.1, -0.05) is 48.0 Å². The van der Waals surface area contributed by atoms with Crippen molar-refractivity contribution in [1.82, 2.24) is 0 Å². The van der Waals surface area contributed by atoms with E-state index < -0.39 is 11.8 Å². The van der Waals surface area contributed by atoms with E-state index in [0.29, 0.717) is 13.0 Å². The van der Waals surface area contributed by atoms with Gasteiger partial charge < -0.3 is 14.6 Å². The fourth-order valence-electron chi connectivity index (χ4n) is 2.45. The van der Waals surface area contributed by atoms with Crippen molar-refractivity contribution >= 4 is 11.8 Å². The summed E-state index contributed by atoms with van der Waals surface area (Å²) in [5.41, 5.74) is 1.64. The highest BCUT2D eigenvalue weighted by Gasteiger charge is 2.21. The van der Waals surface area contributed by atoms with Gasteiger partial charge in [-0.05, 0) is 38.0 Å². The molecule has 0 heterocycles. The molecule has 0 aromatic heterocycles. The topological polar surface area (TPSA) is 72.8 Å². The number of aliphatic hydroxyl groups excluding tert-OH is 1. The van der Waals surface area contributed by atoms with Gasteiger partial charge in [0.1, 0.15) is 23.7 Å². The minimum atomic E-state index is -0.816. The van der Waals surface area contributed by atoms with E-state index in [4.69, 9.17) is 9.47 Å². The van der Waals surface area contributed by atoms with E-state index in [9.17, 15) is 14.7 Å². The third-order valence-corrected chi connectivity index (χ3v) is 3.91. The van der Waals surface area contributed by atoms with E-state index >= 15 is 0 Å². The van der Waals surface area contributed by atoms with Crippen molar-refractivity contribution in [2.75, 3.05) is 6.61 Å². The van der Waals surface area contributed by atoms with Gasteiger partial charge in [0.25, 0.3) is 0 Å². The molecule has 0 bridgehead atoms. The summed E-state index contributed by atoms with van der Waals surface area (Å²) in [5, 5.41) is 10.2. The zero-order valence-corrected chi connectivity index (χ0v) is 15.6. The average Bonchev–Trinajstić information content (AvgIpc) is 2.65. The summed E-state index contributed by atoms with van der Waals surface area (Å²) < 4.78 is 10.7. The fourth-order valence-corrected chi connectivity index (χ4v) is 2.45. The molecular weight excluding hydrogens is 344 g/mol. The number of ketones is 1. The first-order valence-electron chi connectivity index (χ1n) is 8.81. The Morgan fingerprint density at radius 3 is 2.30 bits per heavy atom. The van der Waals surface area contributed by atoms with Crippen molar-refractivity contribution in [3.63, 3.8) is 0 Å². The molecule has 2 aromatic rings. The van der Waals surface area contributed by atoms with Crippen molar-refractivity contribution in [2.24, 2.45) is 0 Å². The Bertz CT molecular complexity index is 791. The lowest BCUT2D eigenvalue weighted by atomic mass is 10.1. The molecule has 142 valence electrons. The molecule has 0 fully saturated rings. The number of aryl methyl sites for hydroxylation is 1. The SMILES string of the molecule is CC(=O)/C(C(=O)OCc1ccccc1)=C(\O)CCCOc1ccc(C)cc1. The van der Waals surface area contributed by atoms with Crippen LogP contribution in [0, 0.1) is 6.92 Å². The van der Waals surface area contributed by atoms with Crippen LogP contribution in [0.15, 0.2) is 65.9 Å². The molecule has 0 saturated heterocycles. The van der Waals surface area contributed by atoms with Gasteiger partial charge in [-0.15, -0.1) is 0 Å². The van der Waals surface area contributed by atoms with Crippen LogP contribution in [-0.2, 0) is 20.9 Å². The first kappa shape index (κ1) is 20.2. The number of hydrogen-bond acceptors (Lipinski definition) is 5. The molecule has 2 rings (SSSR count). The van der Waals surface area contributed by atoms with Gasteiger partial charge in [-0.2, -0.15) is 0 Å². The van der Waals surface area contributed by atoms with Gasteiger partial charge in [-0.25, -0.2) is 4.79 Å². The number of aliphatic hydroxyl groups is 1. The molecule has 0 radical (unpaired) electrons. The Labute approximate surface area is 159 Å². The molecule has 0 spiro atoms. The van der Waals surface area contributed by atoms with Crippen LogP contribution < -0.4 is 4.74 Å². The third kappa shape index (κ3) is 6.62. The lowest BCUT2D eigenvalue weighted by Gasteiger charge is -2.10. The molecule has 27 heavy (non-hydrogen) atoms. The second kappa shape index (κ2) is 10.2. The predicted molar refractivity (Wildman–Crippen MR) is 102 cm³/mol. The second-order valence-corrected chi connectivity index (χ2v) is 6.20. The number of benzene rings is 2. The normalized spacial score (nSPS) is 11.5. The number of allylic oxidation sites excluding steroid dienone is 1. The number of carbonyl (C=O) groups excluding carboxylic acids is 2. The number of carbonyl (C=O) groups is 2. The molecule has 0 saturated carbocycles. The minimum absolute atomic E-state index is 0.0419. The standard InChI is InChI=1S/C22H24O5/c1-16-10-12-19(13-11-16)26-14-6-9-20(24)21(17(2)23)22(25)27-15-18-7-4-3-5-8-18/h3-5,7-8,10-13,24H,6,9,14-15H2,1-2H3/b21-20+. The zero-order chi connectivity index (χ0) is 19.6. The second-order valence-electron chi connectivity index (χ2n) is 6.20. The van der Waals surface area contributed by atoms with E-state index in [1.165, 1.54) is 6.92 Å². The number of Topliss-reactive ketones (excluding diaryl/α,β-unsaturated/α-hetero) is 1. The van der Waals surface area contributed by atoms with Crippen LogP contribution in [0.4, 0.5) is 0 Å². The van der Waals surface area contributed by atoms with Crippen molar-refractivity contribution < 1.29 is 24.2 Å². The van der Waals surface area contributed by atoms with E-state index in [1.807, 2.05) is 61.5 Å². The summed E-state index contributed by atoms with van der Waals surface area (Å²) >= 11 is 0. The summed E-state index contributed by atoms with van der Waals surface area (Å²) in [4.78, 5) is 24.0. The van der Waals surface area contributed by atoms with Crippen LogP contribution in [-0.4, -0.2) is 23.5 Å². The molecule has 0 amide bonds. The van der Waals surface area contributed by atoms with E-state index in [-0.39, 0.29) is 24.4 Å². The molecule has 0 aliphatic rings. The van der Waals surface area contributed by atoms with Gasteiger partial charge in [0.05, 0.1) is 6.61 Å². The lowest BCUT2D eigenvalue weighted by Crippen LogP contribution is -2.16. The number of ether oxygens (including phenoxy) is 2. The van der Waals surface area contributed by atoms with Crippen LogP contribution in [0.3, 0.4) is 0 Å². The van der Waals surface area contributed by atoms with E-state index in [1.54, 1.807) is 0 Å². The highest BCUT2D eigenvalue weighted by Crippen LogP contribution is 2.15. The number of rotatable bonds is 9. The Morgan fingerprint density at radius 1 is 1.00 bits per heavy atom. The Balaban J connectivity index is 1.88. The van der Waals surface area contributed by atoms with Crippen molar-refractivity contribution in [1.29, 1.82) is 0 Å². The Morgan fingerprint density at radius 2 is 1.67 bits per heavy atom. The quantitative estimate of drug-likeness (QED) is 0.178. The smallest absolute Gasteiger partial charge is 0.345 e. The Kier molecular flexibility index (Phi) is 7.62. The predicted octanol–water partition coefficient (Wildman–Crippen LogP) is 4.30. The maximum atomic E-state index is 12.2. The van der Waals surface area contributed by atoms with Gasteiger partial charge >= 0.3 is 5.97 Å². The number of esters is 1. The molecular formula is C22H24O5. The summed E-state index contributed by atoms with van der Waals surface area (Å²) in [5.74, 6) is -0.875. The van der Waals surface area contributed by atoms with Crippen LogP contribution in [0.5, 0.6) is 5.75 Å².